The Kier molecular flexibility index (Phi) is 25.8. The SMILES string of the molecule is CC.COC(=O)[C@@H](N)CCC(=O)OC(C)(C)C.COC(=O)[C@H](CCC(=O)OC(C)(C)C)NC(=O)c1ccc(N(Cc2cnc3nc(N)[nH]c(=O)c3n2)C(=O)C(F)(F)F)cc1.Nc1nc2ncc(CN(C(=O)C(F)(F)F)c3ccc(C(=O)O)cc3)nc2c(=O)[nH]1. The number of benzene rings is 2. The second kappa shape index (κ2) is 31.4. The fourth-order valence-corrected chi connectivity index (χ4v) is 7.08. The molecule has 0 spiro atoms. The largest absolute Gasteiger partial charge is 0.478 e. The normalized spacial score (nSPS) is 12.0. The van der Waals surface area contributed by atoms with Gasteiger partial charge in [0, 0.05) is 29.8 Å². The zero-order valence-electron chi connectivity index (χ0n) is 49.4. The molecular weight excluding hydrogens is 1200 g/mol. The van der Waals surface area contributed by atoms with Gasteiger partial charge < -0.3 is 46.6 Å². The van der Waals surface area contributed by atoms with Gasteiger partial charge in [-0.25, -0.2) is 29.5 Å². The Morgan fingerprint density at radius 2 is 0.966 bits per heavy atom. The Morgan fingerprint density at radius 3 is 1.31 bits per heavy atom. The third kappa shape index (κ3) is 22.9. The van der Waals surface area contributed by atoms with Crippen LogP contribution in [-0.2, 0) is 60.8 Å². The number of halogens is 6. The lowest BCUT2D eigenvalue weighted by Gasteiger charge is -2.24. The number of esters is 4. The number of hydrogen-bond donors (Lipinski definition) is 7. The standard InChI is InChI=1S/C26H28F3N7O7.C16H11F3N6O4.C10H19NO4.C2H6/c1-25(2,3)43-17(37)10-9-16(22(40)42-4)33-20(38)13-5-7-15(8-6-13)36(23(41)26(27,28)29)12-14-11-31-19-18(32-14)21(39)35-24(30)34-19;17-16(18,19)14(29)25(9-3-1-7(2-4-9)13(27)28)6-8-5-21-11-10(22-8)12(26)24-15(20)23-11;1-10(2,3)15-8(12)6-5-7(11)9(13)14-4;1-2/h5-8,11,16H,9-10,12H2,1-4H3,(H,33,38)(H3,30,31,34,35,39);1-5H,6H2,(H,27,28)(H3,20,21,23,24,26);7H,5-6,11H2,1-4H3;1-2H3/t16-;;7-;/m0.0./s1. The van der Waals surface area contributed by atoms with E-state index in [0.29, 0.717) is 9.80 Å². The fraction of sp³-hybridized carbons (Fsp3) is 0.407. The minimum Gasteiger partial charge on any atom is -0.478 e. The molecule has 29 nitrogen and oxygen atoms in total. The quantitative estimate of drug-likeness (QED) is 0.0375. The molecule has 6 aromatic rings. The number of methoxy groups -OCH3 is 2. The van der Waals surface area contributed by atoms with Crippen LogP contribution in [0.2, 0.25) is 0 Å². The number of nitrogens with two attached hydrogens (primary N) is 3. The van der Waals surface area contributed by atoms with Crippen LogP contribution in [0.3, 0.4) is 0 Å². The van der Waals surface area contributed by atoms with Gasteiger partial charge in [-0.15, -0.1) is 0 Å². The van der Waals surface area contributed by atoms with E-state index in [1.165, 1.54) is 7.11 Å². The first-order chi connectivity index (χ1) is 41.3. The Hall–Kier alpha value is -10.2. The van der Waals surface area contributed by atoms with Gasteiger partial charge in [0.2, 0.25) is 11.9 Å². The number of nitrogens with one attached hydrogen (secondary N) is 3. The van der Waals surface area contributed by atoms with E-state index in [9.17, 15) is 74.3 Å². The number of aromatic amines is 2. The van der Waals surface area contributed by atoms with Crippen LogP contribution in [-0.4, -0.2) is 142 Å². The van der Waals surface area contributed by atoms with Crippen molar-refractivity contribution in [3.63, 3.8) is 0 Å². The van der Waals surface area contributed by atoms with Gasteiger partial charge >= 0.3 is 54.0 Å². The first-order valence-electron chi connectivity index (χ1n) is 26.2. The predicted molar refractivity (Wildman–Crippen MR) is 304 cm³/mol. The van der Waals surface area contributed by atoms with Crippen LogP contribution in [0.5, 0.6) is 0 Å². The highest BCUT2D eigenvalue weighted by atomic mass is 19.4. The molecule has 35 heteroatoms. The molecule has 6 rings (SSSR count). The number of carboxylic acids is 1. The molecule has 10 N–H and O–H groups in total. The molecule has 0 aliphatic carbocycles. The number of carbonyl (C=O) groups excluding carboxylic acids is 7. The van der Waals surface area contributed by atoms with Crippen molar-refractivity contribution in [2.75, 3.05) is 35.5 Å². The molecule has 2 atom stereocenters. The third-order valence-corrected chi connectivity index (χ3v) is 10.9. The molecule has 0 radical (unpaired) electrons. The van der Waals surface area contributed by atoms with E-state index in [-0.39, 0.29) is 99.8 Å². The number of anilines is 4. The summed E-state index contributed by atoms with van der Waals surface area (Å²) in [5.74, 6) is -9.28. The zero-order valence-corrected chi connectivity index (χ0v) is 49.4. The number of carbonyl (C=O) groups is 8. The smallest absolute Gasteiger partial charge is 0.471 e. The lowest BCUT2D eigenvalue weighted by atomic mass is 10.1. The molecule has 482 valence electrons. The first-order valence-corrected chi connectivity index (χ1v) is 26.2. The number of carboxylic acid groups (broad SMARTS) is 1. The lowest BCUT2D eigenvalue weighted by Crippen LogP contribution is -2.42. The summed E-state index contributed by atoms with van der Waals surface area (Å²) in [6.45, 7) is 12.9. The molecule has 0 saturated carbocycles. The number of hydrogen-bond acceptors (Lipinski definition) is 23. The molecule has 0 saturated heterocycles. The van der Waals surface area contributed by atoms with Crippen LogP contribution in [0.15, 0.2) is 70.5 Å². The van der Waals surface area contributed by atoms with Crippen LogP contribution >= 0.6 is 0 Å². The Morgan fingerprint density at radius 1 is 0.596 bits per heavy atom. The molecule has 3 amide bonds. The van der Waals surface area contributed by atoms with Gasteiger partial charge in [0.1, 0.15) is 23.3 Å². The molecule has 4 heterocycles. The number of H-pyrrole nitrogens is 2. The lowest BCUT2D eigenvalue weighted by molar-refractivity contribution is -0.170. The van der Waals surface area contributed by atoms with Crippen molar-refractivity contribution in [2.24, 2.45) is 5.73 Å². The van der Waals surface area contributed by atoms with Gasteiger partial charge in [-0.3, -0.25) is 58.1 Å². The molecule has 2 aromatic carbocycles. The molecular formula is C54H64F6N14O15. The van der Waals surface area contributed by atoms with Crippen molar-refractivity contribution in [3.8, 4) is 0 Å². The minimum atomic E-state index is -5.28. The van der Waals surface area contributed by atoms with E-state index in [4.69, 9.17) is 31.8 Å². The van der Waals surface area contributed by atoms with E-state index >= 15 is 0 Å². The number of nitrogens with zero attached hydrogens (tertiary/aromatic N) is 8. The Bertz CT molecular complexity index is 3630. The summed E-state index contributed by atoms with van der Waals surface area (Å²) in [7, 11) is 2.35. The molecule has 0 unspecified atom stereocenters. The van der Waals surface area contributed by atoms with Gasteiger partial charge in [0.25, 0.3) is 17.0 Å². The maximum absolute atomic E-state index is 13.5. The van der Waals surface area contributed by atoms with Crippen LogP contribution in [0.1, 0.15) is 113 Å². The third-order valence-electron chi connectivity index (χ3n) is 10.9. The highest BCUT2D eigenvalue weighted by molar-refractivity contribution is 6.00. The highest BCUT2D eigenvalue weighted by Gasteiger charge is 2.44. The predicted octanol–water partition coefficient (Wildman–Crippen LogP) is 4.51. The fourth-order valence-electron chi connectivity index (χ4n) is 7.08. The number of ether oxygens (including phenoxy) is 4. The van der Waals surface area contributed by atoms with Crippen molar-refractivity contribution in [3.05, 3.63) is 104 Å². The van der Waals surface area contributed by atoms with E-state index in [1.54, 1.807) is 41.5 Å². The second-order valence-corrected chi connectivity index (χ2v) is 20.1. The minimum absolute atomic E-state index is 0.0741. The Balaban J connectivity index is 0.000000386. The molecule has 0 aliphatic rings. The number of amides is 3. The van der Waals surface area contributed by atoms with E-state index in [1.807, 2.05) is 13.8 Å². The number of aromatic carboxylic acids is 1. The van der Waals surface area contributed by atoms with Crippen molar-refractivity contribution >= 4 is 93.2 Å². The monoisotopic (exact) mass is 1260 g/mol. The van der Waals surface area contributed by atoms with E-state index in [0.717, 1.165) is 68.0 Å². The summed E-state index contributed by atoms with van der Waals surface area (Å²) in [6.07, 6.45) is -8.39. The summed E-state index contributed by atoms with van der Waals surface area (Å²) in [5.41, 5.74) is 11.6. The molecule has 0 aliphatic heterocycles. The summed E-state index contributed by atoms with van der Waals surface area (Å²) in [5, 5.41) is 11.3. The van der Waals surface area contributed by atoms with Crippen LogP contribution in [0.25, 0.3) is 22.3 Å². The molecule has 89 heavy (non-hydrogen) atoms. The first kappa shape index (κ1) is 73.0. The molecule has 0 bridgehead atoms. The van der Waals surface area contributed by atoms with Gasteiger partial charge in [-0.05, 0) is 103 Å². The van der Waals surface area contributed by atoms with Crippen LogP contribution in [0, 0.1) is 0 Å². The van der Waals surface area contributed by atoms with E-state index < -0.39 is 101 Å². The molecule has 0 fully saturated rings. The van der Waals surface area contributed by atoms with Gasteiger partial charge in [-0.2, -0.15) is 36.3 Å². The average molecular weight is 1260 g/mol. The zero-order chi connectivity index (χ0) is 67.5. The number of rotatable bonds is 17. The van der Waals surface area contributed by atoms with Crippen LogP contribution < -0.4 is 43.4 Å². The Labute approximate surface area is 501 Å². The van der Waals surface area contributed by atoms with Crippen molar-refractivity contribution < 1.29 is 88.8 Å². The van der Waals surface area contributed by atoms with Crippen molar-refractivity contribution in [2.45, 2.75) is 130 Å². The van der Waals surface area contributed by atoms with Gasteiger partial charge in [-0.1, -0.05) is 13.8 Å². The second-order valence-electron chi connectivity index (χ2n) is 20.1. The van der Waals surface area contributed by atoms with Crippen molar-refractivity contribution in [1.29, 1.82) is 0 Å². The number of aromatic nitrogens is 8. The summed E-state index contributed by atoms with van der Waals surface area (Å²) in [4.78, 5) is 147. The summed E-state index contributed by atoms with van der Waals surface area (Å²) < 4.78 is 99.0. The topological polar surface area (TPSA) is 433 Å². The number of alkyl halides is 6. The average Bonchev–Trinajstić information content (AvgIpc) is 1.26. The maximum atomic E-state index is 13.5. The van der Waals surface area contributed by atoms with Gasteiger partial charge in [0.15, 0.2) is 22.3 Å². The number of fused-ring (bicyclic) bond motifs is 2. The van der Waals surface area contributed by atoms with Crippen LogP contribution in [0.4, 0.5) is 49.6 Å². The van der Waals surface area contributed by atoms with Crippen molar-refractivity contribution in [1.82, 2.24) is 45.2 Å². The van der Waals surface area contributed by atoms with E-state index in [2.05, 4.69) is 54.7 Å². The highest BCUT2D eigenvalue weighted by Crippen LogP contribution is 2.28. The summed E-state index contributed by atoms with van der Waals surface area (Å²) in [6, 6.07) is 6.64. The summed E-state index contributed by atoms with van der Waals surface area (Å²) >= 11 is 0. The molecule has 4 aromatic heterocycles. The van der Waals surface area contributed by atoms with Gasteiger partial charge in [0.05, 0.1) is 56.7 Å². The number of nitrogen functional groups attached to an aromatic ring is 2. The maximum Gasteiger partial charge on any atom is 0.471 e.